The highest BCUT2D eigenvalue weighted by molar-refractivity contribution is 9.10. The Balaban J connectivity index is 2.12. The van der Waals surface area contributed by atoms with E-state index in [0.29, 0.717) is 18.8 Å². The predicted octanol–water partition coefficient (Wildman–Crippen LogP) is 2.59. The van der Waals surface area contributed by atoms with Gasteiger partial charge in [-0.15, -0.1) is 0 Å². The molecule has 0 aliphatic heterocycles. The molecule has 0 radical (unpaired) electrons. The number of hydrogen-bond donors (Lipinski definition) is 1. The van der Waals surface area contributed by atoms with Crippen molar-refractivity contribution in [1.29, 1.82) is 0 Å². The summed E-state index contributed by atoms with van der Waals surface area (Å²) < 4.78 is 5.83. The molecule has 92 valence electrons. The quantitative estimate of drug-likeness (QED) is 0.854. The zero-order valence-electron chi connectivity index (χ0n) is 9.78. The first-order valence-electron chi connectivity index (χ1n) is 5.68. The molecular weight excluding hydrogens is 282 g/mol. The molecule has 0 aromatic heterocycles. The third kappa shape index (κ3) is 2.53. The average molecular weight is 298 g/mol. The van der Waals surface area contributed by atoms with Crippen LogP contribution in [-0.4, -0.2) is 18.6 Å². The number of ether oxygens (including phenoxy) is 1. The smallest absolute Gasteiger partial charge is 0.325 e. The molecule has 1 aliphatic rings. The van der Waals surface area contributed by atoms with Crippen molar-refractivity contribution in [2.75, 3.05) is 7.11 Å². The molecule has 1 saturated carbocycles. The Morgan fingerprint density at radius 1 is 1.47 bits per heavy atom. The van der Waals surface area contributed by atoms with Gasteiger partial charge in [0.05, 0.1) is 7.11 Å². The molecule has 2 atom stereocenters. The van der Waals surface area contributed by atoms with Crippen LogP contribution in [0.3, 0.4) is 0 Å². The topological polar surface area (TPSA) is 52.3 Å². The normalized spacial score (nSPS) is 28.1. The first-order valence-corrected chi connectivity index (χ1v) is 6.47. The second kappa shape index (κ2) is 4.78. The zero-order chi connectivity index (χ0) is 12.5. The van der Waals surface area contributed by atoms with Gasteiger partial charge >= 0.3 is 5.97 Å². The molecule has 0 amide bonds. The van der Waals surface area contributed by atoms with Crippen molar-refractivity contribution in [3.63, 3.8) is 0 Å². The maximum absolute atomic E-state index is 11.6. The van der Waals surface area contributed by atoms with E-state index in [1.807, 2.05) is 12.1 Å². The van der Waals surface area contributed by atoms with Crippen LogP contribution in [0.1, 0.15) is 30.7 Å². The van der Waals surface area contributed by atoms with E-state index < -0.39 is 5.54 Å². The van der Waals surface area contributed by atoms with Crippen LogP contribution in [-0.2, 0) is 9.53 Å². The highest BCUT2D eigenvalue weighted by Crippen LogP contribution is 2.40. The summed E-state index contributed by atoms with van der Waals surface area (Å²) in [4.78, 5) is 11.6. The highest BCUT2D eigenvalue weighted by Gasteiger charge is 2.43. The molecular formula is C13H16BrNO2. The van der Waals surface area contributed by atoms with E-state index in [9.17, 15) is 4.79 Å². The SMILES string of the molecule is COC(=O)C1(N)CC[C@H](c2ccc(Br)cc2)C1. The number of nitrogens with two attached hydrogens (primary N) is 1. The van der Waals surface area contributed by atoms with Gasteiger partial charge in [0, 0.05) is 4.47 Å². The lowest BCUT2D eigenvalue weighted by Crippen LogP contribution is -2.46. The van der Waals surface area contributed by atoms with Crippen molar-refractivity contribution in [1.82, 2.24) is 0 Å². The molecule has 0 spiro atoms. The second-order valence-electron chi connectivity index (χ2n) is 4.64. The van der Waals surface area contributed by atoms with Gasteiger partial charge in [0.2, 0.25) is 0 Å². The first-order chi connectivity index (χ1) is 8.05. The Hall–Kier alpha value is -0.870. The lowest BCUT2D eigenvalue weighted by Gasteiger charge is -2.20. The predicted molar refractivity (Wildman–Crippen MR) is 69.7 cm³/mol. The lowest BCUT2D eigenvalue weighted by molar-refractivity contribution is -0.146. The fourth-order valence-corrected chi connectivity index (χ4v) is 2.75. The monoisotopic (exact) mass is 297 g/mol. The minimum Gasteiger partial charge on any atom is -0.468 e. The molecule has 2 rings (SSSR count). The number of methoxy groups -OCH3 is 1. The van der Waals surface area contributed by atoms with Gasteiger partial charge in [-0.1, -0.05) is 28.1 Å². The van der Waals surface area contributed by atoms with Crippen LogP contribution in [0.4, 0.5) is 0 Å². The number of carbonyl (C=O) groups excluding carboxylic acids is 1. The largest absolute Gasteiger partial charge is 0.468 e. The molecule has 17 heavy (non-hydrogen) atoms. The van der Waals surface area contributed by atoms with Crippen molar-refractivity contribution in [2.24, 2.45) is 5.73 Å². The van der Waals surface area contributed by atoms with Gasteiger partial charge in [-0.25, -0.2) is 0 Å². The van der Waals surface area contributed by atoms with Crippen LogP contribution in [0.2, 0.25) is 0 Å². The Kier molecular flexibility index (Phi) is 3.54. The van der Waals surface area contributed by atoms with Crippen LogP contribution in [0.25, 0.3) is 0 Å². The van der Waals surface area contributed by atoms with E-state index in [4.69, 9.17) is 10.5 Å². The number of esters is 1. The average Bonchev–Trinajstić information content (AvgIpc) is 2.73. The number of carbonyl (C=O) groups is 1. The van der Waals surface area contributed by atoms with Crippen LogP contribution in [0.15, 0.2) is 28.7 Å². The van der Waals surface area contributed by atoms with Crippen molar-refractivity contribution in [2.45, 2.75) is 30.7 Å². The van der Waals surface area contributed by atoms with Gasteiger partial charge in [0.25, 0.3) is 0 Å². The minimum atomic E-state index is -0.799. The van der Waals surface area contributed by atoms with E-state index >= 15 is 0 Å². The molecule has 1 aliphatic carbocycles. The van der Waals surface area contributed by atoms with E-state index in [1.54, 1.807) is 0 Å². The fraction of sp³-hybridized carbons (Fsp3) is 0.462. The summed E-state index contributed by atoms with van der Waals surface area (Å²) >= 11 is 3.41. The molecule has 1 fully saturated rings. The first kappa shape index (κ1) is 12.6. The maximum Gasteiger partial charge on any atom is 0.325 e. The Morgan fingerprint density at radius 2 is 2.12 bits per heavy atom. The van der Waals surface area contributed by atoms with E-state index in [1.165, 1.54) is 12.7 Å². The highest BCUT2D eigenvalue weighted by atomic mass is 79.9. The van der Waals surface area contributed by atoms with Crippen LogP contribution < -0.4 is 5.73 Å². The van der Waals surface area contributed by atoms with E-state index in [2.05, 4.69) is 28.1 Å². The number of rotatable bonds is 2. The van der Waals surface area contributed by atoms with E-state index in [-0.39, 0.29) is 5.97 Å². The van der Waals surface area contributed by atoms with Gasteiger partial charge < -0.3 is 10.5 Å². The van der Waals surface area contributed by atoms with Crippen LogP contribution >= 0.6 is 15.9 Å². The summed E-state index contributed by atoms with van der Waals surface area (Å²) in [5, 5.41) is 0. The Morgan fingerprint density at radius 3 is 2.71 bits per heavy atom. The van der Waals surface area contributed by atoms with Gasteiger partial charge in [0.15, 0.2) is 0 Å². The number of benzene rings is 1. The maximum atomic E-state index is 11.6. The summed E-state index contributed by atoms with van der Waals surface area (Å²) in [5.41, 5.74) is 6.53. The number of hydrogen-bond acceptors (Lipinski definition) is 3. The molecule has 0 heterocycles. The molecule has 1 unspecified atom stereocenters. The van der Waals surface area contributed by atoms with Crippen molar-refractivity contribution >= 4 is 21.9 Å². The molecule has 4 heteroatoms. The lowest BCUT2D eigenvalue weighted by atomic mass is 9.93. The van der Waals surface area contributed by atoms with Crippen molar-refractivity contribution < 1.29 is 9.53 Å². The molecule has 3 nitrogen and oxygen atoms in total. The standard InChI is InChI=1S/C13H16BrNO2/c1-17-12(16)13(15)7-6-10(8-13)9-2-4-11(14)5-3-9/h2-5,10H,6-8,15H2,1H3/t10-,13?/m0/s1. The van der Waals surface area contributed by atoms with Crippen molar-refractivity contribution in [3.05, 3.63) is 34.3 Å². The molecule has 1 aromatic rings. The summed E-state index contributed by atoms with van der Waals surface area (Å²) in [6.07, 6.45) is 2.30. The van der Waals surface area contributed by atoms with Gasteiger partial charge in [-0.3, -0.25) is 4.79 Å². The zero-order valence-corrected chi connectivity index (χ0v) is 11.4. The molecule has 2 N–H and O–H groups in total. The summed E-state index contributed by atoms with van der Waals surface area (Å²) in [5.74, 6) is 0.0595. The third-order valence-corrected chi connectivity index (χ3v) is 4.01. The summed E-state index contributed by atoms with van der Waals surface area (Å²) in [6, 6.07) is 8.20. The minimum absolute atomic E-state index is 0.294. The molecule has 0 saturated heterocycles. The summed E-state index contributed by atoms with van der Waals surface area (Å²) in [7, 11) is 1.39. The molecule has 1 aromatic carbocycles. The third-order valence-electron chi connectivity index (χ3n) is 3.48. The van der Waals surface area contributed by atoms with Gasteiger partial charge in [0.1, 0.15) is 5.54 Å². The van der Waals surface area contributed by atoms with E-state index in [0.717, 1.165) is 10.9 Å². The van der Waals surface area contributed by atoms with Crippen molar-refractivity contribution in [3.8, 4) is 0 Å². The molecule has 0 bridgehead atoms. The van der Waals surface area contributed by atoms with Crippen LogP contribution in [0, 0.1) is 0 Å². The second-order valence-corrected chi connectivity index (χ2v) is 5.55. The van der Waals surface area contributed by atoms with Gasteiger partial charge in [-0.2, -0.15) is 0 Å². The van der Waals surface area contributed by atoms with Crippen LogP contribution in [0.5, 0.6) is 0 Å². The Bertz CT molecular complexity index is 418. The summed E-state index contributed by atoms with van der Waals surface area (Å²) in [6.45, 7) is 0. The number of halogens is 1. The Labute approximate surface area is 109 Å². The van der Waals surface area contributed by atoms with Gasteiger partial charge in [-0.05, 0) is 42.9 Å². The fourth-order valence-electron chi connectivity index (χ4n) is 2.48.